The number of methoxy groups -OCH3 is 1. The van der Waals surface area contributed by atoms with Gasteiger partial charge in [0.05, 0.1) is 12.7 Å². The van der Waals surface area contributed by atoms with Gasteiger partial charge in [0.25, 0.3) is 5.56 Å². The zero-order valence-corrected chi connectivity index (χ0v) is 10.6. The summed E-state index contributed by atoms with van der Waals surface area (Å²) in [5.74, 6) is 5.98. The first-order valence-corrected chi connectivity index (χ1v) is 5.86. The summed E-state index contributed by atoms with van der Waals surface area (Å²) in [6.07, 6.45) is 1.07. The Labute approximate surface area is 109 Å². The molecular formula is C10H18N6O3. The lowest BCUT2D eigenvalue weighted by Crippen LogP contribution is -2.43. The number of nitrogen functional groups attached to an aromatic ring is 2. The summed E-state index contributed by atoms with van der Waals surface area (Å²) in [6, 6.07) is 0. The van der Waals surface area contributed by atoms with Crippen LogP contribution in [0, 0.1) is 0 Å². The molecule has 0 spiro atoms. The number of aromatic amines is 1. The van der Waals surface area contributed by atoms with E-state index in [0.717, 1.165) is 6.42 Å². The van der Waals surface area contributed by atoms with Crippen LogP contribution >= 0.6 is 0 Å². The lowest BCUT2D eigenvalue weighted by atomic mass is 10.2. The summed E-state index contributed by atoms with van der Waals surface area (Å²) < 4.78 is 10.7. The average Bonchev–Trinajstić information content (AvgIpc) is 2.82. The van der Waals surface area contributed by atoms with Gasteiger partial charge in [-0.2, -0.15) is 4.98 Å². The van der Waals surface area contributed by atoms with Gasteiger partial charge in [0.2, 0.25) is 5.95 Å². The highest BCUT2D eigenvalue weighted by molar-refractivity contribution is 5.62. The molecule has 19 heavy (non-hydrogen) atoms. The fourth-order valence-electron chi connectivity index (χ4n) is 2.02. The SMILES string of the molecule is COC[C@@H]1CCC(N(N)c2nc(N)[nH]c(=O)c2N)O1. The molecule has 0 bridgehead atoms. The Morgan fingerprint density at radius 2 is 2.26 bits per heavy atom. The molecule has 0 amide bonds. The van der Waals surface area contributed by atoms with Crippen molar-refractivity contribution in [2.45, 2.75) is 25.2 Å². The minimum Gasteiger partial charge on any atom is -0.391 e. The van der Waals surface area contributed by atoms with Crippen LogP contribution in [0.4, 0.5) is 17.5 Å². The molecule has 106 valence electrons. The summed E-state index contributed by atoms with van der Waals surface area (Å²) in [7, 11) is 1.61. The van der Waals surface area contributed by atoms with E-state index in [2.05, 4.69) is 9.97 Å². The molecule has 9 heteroatoms. The minimum absolute atomic E-state index is 0.0263. The van der Waals surface area contributed by atoms with Crippen LogP contribution in [0.2, 0.25) is 0 Å². The standard InChI is InChI=1S/C10H18N6O3/c1-18-4-5-2-3-6(19-5)16(13)8-7(11)9(17)15-10(12)14-8/h5-6H,2-4,11,13H2,1H3,(H3,12,14,15,17)/t5-,6?/m0/s1. The molecule has 1 fully saturated rings. The second-order valence-corrected chi connectivity index (χ2v) is 4.34. The number of aromatic nitrogens is 2. The molecule has 1 aromatic rings. The largest absolute Gasteiger partial charge is 0.391 e. The van der Waals surface area contributed by atoms with Crippen LogP contribution in [0.25, 0.3) is 0 Å². The third kappa shape index (κ3) is 2.78. The van der Waals surface area contributed by atoms with Crippen LogP contribution in [-0.4, -0.2) is 36.0 Å². The van der Waals surface area contributed by atoms with Gasteiger partial charge in [0, 0.05) is 7.11 Å². The molecule has 1 saturated heterocycles. The van der Waals surface area contributed by atoms with E-state index in [1.165, 1.54) is 5.01 Å². The van der Waals surface area contributed by atoms with E-state index >= 15 is 0 Å². The van der Waals surface area contributed by atoms with Gasteiger partial charge >= 0.3 is 0 Å². The van der Waals surface area contributed by atoms with E-state index in [-0.39, 0.29) is 23.6 Å². The summed E-state index contributed by atoms with van der Waals surface area (Å²) >= 11 is 0. The number of hydrazine groups is 1. The maximum absolute atomic E-state index is 11.5. The summed E-state index contributed by atoms with van der Waals surface area (Å²) in [6.45, 7) is 0.491. The molecule has 0 radical (unpaired) electrons. The normalized spacial score (nSPS) is 22.6. The first-order chi connectivity index (χ1) is 9.02. The number of nitrogens with one attached hydrogen (secondary N) is 1. The quantitative estimate of drug-likeness (QED) is 0.393. The van der Waals surface area contributed by atoms with Gasteiger partial charge in [-0.15, -0.1) is 0 Å². The van der Waals surface area contributed by atoms with E-state index in [9.17, 15) is 4.79 Å². The first kappa shape index (κ1) is 13.6. The topological polar surface area (TPSA) is 146 Å². The molecule has 0 aliphatic carbocycles. The lowest BCUT2D eigenvalue weighted by molar-refractivity contribution is -0.00255. The lowest BCUT2D eigenvalue weighted by Gasteiger charge is -2.25. The number of anilines is 3. The maximum atomic E-state index is 11.5. The van der Waals surface area contributed by atoms with E-state index < -0.39 is 11.8 Å². The Bertz CT molecular complexity index is 505. The van der Waals surface area contributed by atoms with E-state index in [1.54, 1.807) is 7.11 Å². The average molecular weight is 270 g/mol. The molecule has 1 aliphatic heterocycles. The van der Waals surface area contributed by atoms with Gasteiger partial charge in [-0.25, -0.2) is 5.84 Å². The zero-order chi connectivity index (χ0) is 14.0. The highest BCUT2D eigenvalue weighted by Crippen LogP contribution is 2.26. The van der Waals surface area contributed by atoms with Crippen LogP contribution in [0.5, 0.6) is 0 Å². The van der Waals surface area contributed by atoms with Gasteiger partial charge in [-0.3, -0.25) is 14.8 Å². The van der Waals surface area contributed by atoms with Gasteiger partial charge in [-0.05, 0) is 12.8 Å². The van der Waals surface area contributed by atoms with Crippen molar-refractivity contribution < 1.29 is 9.47 Å². The number of H-pyrrole nitrogens is 1. The molecule has 0 aromatic carbocycles. The van der Waals surface area contributed by atoms with Gasteiger partial charge < -0.3 is 20.9 Å². The summed E-state index contributed by atoms with van der Waals surface area (Å²) in [4.78, 5) is 17.7. The monoisotopic (exact) mass is 270 g/mol. The number of ether oxygens (including phenoxy) is 2. The van der Waals surface area contributed by atoms with Gasteiger partial charge in [0.1, 0.15) is 11.9 Å². The van der Waals surface area contributed by atoms with Crippen LogP contribution in [0.3, 0.4) is 0 Å². The highest BCUT2D eigenvalue weighted by Gasteiger charge is 2.30. The van der Waals surface area contributed by atoms with Gasteiger partial charge in [-0.1, -0.05) is 0 Å². The van der Waals surface area contributed by atoms with Crippen LogP contribution in [0.1, 0.15) is 12.8 Å². The van der Waals surface area contributed by atoms with Crippen molar-refractivity contribution in [3.05, 3.63) is 10.4 Å². The van der Waals surface area contributed by atoms with Crippen molar-refractivity contribution in [3.8, 4) is 0 Å². The summed E-state index contributed by atoms with van der Waals surface area (Å²) in [5, 5.41) is 1.23. The number of hydrogen-bond donors (Lipinski definition) is 4. The Hall–Kier alpha value is -1.84. The fourth-order valence-corrected chi connectivity index (χ4v) is 2.02. The van der Waals surface area contributed by atoms with Crippen LogP contribution in [-0.2, 0) is 9.47 Å². The van der Waals surface area contributed by atoms with E-state index in [4.69, 9.17) is 26.8 Å². The van der Waals surface area contributed by atoms with Crippen molar-refractivity contribution in [1.82, 2.24) is 9.97 Å². The number of nitrogens with two attached hydrogens (primary N) is 3. The van der Waals surface area contributed by atoms with E-state index in [0.29, 0.717) is 13.0 Å². The minimum atomic E-state index is -0.524. The maximum Gasteiger partial charge on any atom is 0.277 e. The van der Waals surface area contributed by atoms with Crippen molar-refractivity contribution in [2.75, 3.05) is 30.2 Å². The van der Waals surface area contributed by atoms with Crippen molar-refractivity contribution in [1.29, 1.82) is 0 Å². The van der Waals surface area contributed by atoms with Crippen LogP contribution < -0.4 is 27.9 Å². The molecule has 2 atom stereocenters. The predicted molar refractivity (Wildman–Crippen MR) is 70.1 cm³/mol. The second kappa shape index (κ2) is 5.43. The third-order valence-corrected chi connectivity index (χ3v) is 2.95. The van der Waals surface area contributed by atoms with Gasteiger partial charge in [0.15, 0.2) is 5.82 Å². The Balaban J connectivity index is 2.17. The first-order valence-electron chi connectivity index (χ1n) is 5.86. The third-order valence-electron chi connectivity index (χ3n) is 2.95. The molecule has 9 nitrogen and oxygen atoms in total. The zero-order valence-electron chi connectivity index (χ0n) is 10.6. The molecule has 2 heterocycles. The number of rotatable bonds is 4. The smallest absolute Gasteiger partial charge is 0.277 e. The molecule has 1 aliphatic rings. The van der Waals surface area contributed by atoms with E-state index in [1.807, 2.05) is 0 Å². The Kier molecular flexibility index (Phi) is 3.88. The number of nitrogens with zero attached hydrogens (tertiary/aromatic N) is 2. The molecule has 7 N–H and O–H groups in total. The van der Waals surface area contributed by atoms with Crippen molar-refractivity contribution >= 4 is 17.5 Å². The predicted octanol–water partition coefficient (Wildman–Crippen LogP) is -1.23. The van der Waals surface area contributed by atoms with Crippen molar-refractivity contribution in [3.63, 3.8) is 0 Å². The van der Waals surface area contributed by atoms with Crippen molar-refractivity contribution in [2.24, 2.45) is 5.84 Å². The summed E-state index contributed by atoms with van der Waals surface area (Å²) in [5.41, 5.74) is 10.5. The molecule has 1 unspecified atom stereocenters. The van der Waals surface area contributed by atoms with Crippen LogP contribution in [0.15, 0.2) is 4.79 Å². The Morgan fingerprint density at radius 3 is 2.95 bits per heavy atom. The molecule has 0 saturated carbocycles. The Morgan fingerprint density at radius 1 is 1.53 bits per heavy atom. The second-order valence-electron chi connectivity index (χ2n) is 4.34. The molecule has 2 rings (SSSR count). The highest BCUT2D eigenvalue weighted by atomic mass is 16.5. The molecule has 1 aromatic heterocycles. The fraction of sp³-hybridized carbons (Fsp3) is 0.600. The number of hydrogen-bond acceptors (Lipinski definition) is 8. The molecular weight excluding hydrogens is 252 g/mol.